The lowest BCUT2D eigenvalue weighted by Gasteiger charge is -2.10. The minimum Gasteiger partial charge on any atom is -0.478 e. The zero-order valence-corrected chi connectivity index (χ0v) is 11.7. The summed E-state index contributed by atoms with van der Waals surface area (Å²) >= 11 is 1.77. The van der Waals surface area contributed by atoms with Crippen molar-refractivity contribution in [3.05, 3.63) is 18.0 Å². The quantitative estimate of drug-likeness (QED) is 0.786. The van der Waals surface area contributed by atoms with E-state index in [1.54, 1.807) is 29.7 Å². The lowest BCUT2D eigenvalue weighted by Crippen LogP contribution is -2.09. The van der Waals surface area contributed by atoms with Gasteiger partial charge in [-0.05, 0) is 18.4 Å². The second kappa shape index (κ2) is 5.92. The molecule has 0 bridgehead atoms. The molecular formula is C12H16N4O2S. The van der Waals surface area contributed by atoms with Gasteiger partial charge in [-0.3, -0.25) is 4.68 Å². The number of nitrogens with zero attached hydrogens (tertiary/aromatic N) is 3. The first-order valence-electron chi connectivity index (χ1n) is 5.92. The monoisotopic (exact) mass is 280 g/mol. The van der Waals surface area contributed by atoms with Gasteiger partial charge in [-0.1, -0.05) is 0 Å². The minimum atomic E-state index is -0.981. The Morgan fingerprint density at radius 1 is 1.53 bits per heavy atom. The molecule has 0 spiro atoms. The number of hydrogen-bond donors (Lipinski definition) is 2. The van der Waals surface area contributed by atoms with Gasteiger partial charge in [0.25, 0.3) is 0 Å². The SMILES string of the molecule is CSCCCNc1c(C(=O)O)cnc2c1cnn2C. The molecule has 0 aliphatic carbocycles. The molecule has 2 aromatic rings. The van der Waals surface area contributed by atoms with Gasteiger partial charge >= 0.3 is 5.97 Å². The summed E-state index contributed by atoms with van der Waals surface area (Å²) in [6, 6.07) is 0. The highest BCUT2D eigenvalue weighted by atomic mass is 32.2. The Hall–Kier alpha value is -1.76. The molecule has 0 fully saturated rings. The van der Waals surface area contributed by atoms with Gasteiger partial charge in [0.1, 0.15) is 5.56 Å². The van der Waals surface area contributed by atoms with Crippen LogP contribution < -0.4 is 5.32 Å². The number of anilines is 1. The zero-order chi connectivity index (χ0) is 13.8. The summed E-state index contributed by atoms with van der Waals surface area (Å²) in [5, 5.41) is 17.3. The predicted octanol–water partition coefficient (Wildman–Crippen LogP) is 1.83. The van der Waals surface area contributed by atoms with E-state index in [0.717, 1.165) is 24.1 Å². The lowest BCUT2D eigenvalue weighted by atomic mass is 10.2. The van der Waals surface area contributed by atoms with Crippen LogP contribution in [-0.2, 0) is 7.05 Å². The van der Waals surface area contributed by atoms with Crippen molar-refractivity contribution in [2.24, 2.45) is 7.05 Å². The van der Waals surface area contributed by atoms with Gasteiger partial charge in [-0.15, -0.1) is 0 Å². The lowest BCUT2D eigenvalue weighted by molar-refractivity contribution is 0.0697. The fourth-order valence-electron chi connectivity index (χ4n) is 1.88. The Balaban J connectivity index is 2.35. The molecular weight excluding hydrogens is 264 g/mol. The number of aromatic nitrogens is 3. The van der Waals surface area contributed by atoms with Gasteiger partial charge < -0.3 is 10.4 Å². The average Bonchev–Trinajstić information content (AvgIpc) is 2.76. The maximum atomic E-state index is 11.2. The first-order valence-corrected chi connectivity index (χ1v) is 7.31. The second-order valence-corrected chi connectivity index (χ2v) is 5.12. The number of aromatic carboxylic acids is 1. The van der Waals surface area contributed by atoms with E-state index >= 15 is 0 Å². The van der Waals surface area contributed by atoms with Crippen LogP contribution in [-0.4, -0.2) is 44.4 Å². The maximum Gasteiger partial charge on any atom is 0.339 e. The van der Waals surface area contributed by atoms with Gasteiger partial charge in [0.2, 0.25) is 0 Å². The summed E-state index contributed by atoms with van der Waals surface area (Å²) in [5.41, 5.74) is 1.47. The normalized spacial score (nSPS) is 10.8. The van der Waals surface area contributed by atoms with Gasteiger partial charge in [0.15, 0.2) is 5.65 Å². The standard InChI is InChI=1S/C12H16N4O2S/c1-16-11-8(7-15-16)10(13-4-3-5-19-2)9(6-14-11)12(17)18/h6-7H,3-5H2,1-2H3,(H,13,14)(H,17,18). The summed E-state index contributed by atoms with van der Waals surface area (Å²) in [6.45, 7) is 0.731. The number of nitrogens with one attached hydrogen (secondary N) is 1. The molecule has 6 nitrogen and oxygen atoms in total. The van der Waals surface area contributed by atoms with E-state index in [-0.39, 0.29) is 5.56 Å². The third-order valence-electron chi connectivity index (χ3n) is 2.82. The topological polar surface area (TPSA) is 80.0 Å². The van der Waals surface area contributed by atoms with Crippen LogP contribution in [0, 0.1) is 0 Å². The largest absolute Gasteiger partial charge is 0.478 e. The number of carboxylic acids is 1. The number of fused-ring (bicyclic) bond motifs is 1. The molecule has 0 aliphatic heterocycles. The highest BCUT2D eigenvalue weighted by Crippen LogP contribution is 2.25. The summed E-state index contributed by atoms with van der Waals surface area (Å²) in [4.78, 5) is 15.4. The zero-order valence-electron chi connectivity index (χ0n) is 10.9. The second-order valence-electron chi connectivity index (χ2n) is 4.13. The molecule has 0 saturated carbocycles. The maximum absolute atomic E-state index is 11.2. The summed E-state index contributed by atoms with van der Waals surface area (Å²) in [7, 11) is 1.78. The Morgan fingerprint density at radius 3 is 3.00 bits per heavy atom. The van der Waals surface area contributed by atoms with Crippen LogP contribution in [0.25, 0.3) is 11.0 Å². The Bertz CT molecular complexity index is 597. The van der Waals surface area contributed by atoms with Crippen molar-refractivity contribution in [2.45, 2.75) is 6.42 Å². The number of carboxylic acid groups (broad SMARTS) is 1. The molecule has 0 aromatic carbocycles. The van der Waals surface area contributed by atoms with E-state index in [1.165, 1.54) is 6.20 Å². The summed E-state index contributed by atoms with van der Waals surface area (Å²) in [6.07, 6.45) is 6.05. The van der Waals surface area contributed by atoms with E-state index in [4.69, 9.17) is 0 Å². The van der Waals surface area contributed by atoms with Crippen LogP contribution in [0.2, 0.25) is 0 Å². The Morgan fingerprint density at radius 2 is 2.32 bits per heavy atom. The molecule has 2 rings (SSSR count). The number of rotatable bonds is 6. The van der Waals surface area contributed by atoms with Gasteiger partial charge in [0, 0.05) is 19.8 Å². The molecule has 102 valence electrons. The first kappa shape index (κ1) is 13.7. The summed E-state index contributed by atoms with van der Waals surface area (Å²) < 4.78 is 1.63. The van der Waals surface area contributed by atoms with E-state index in [0.29, 0.717) is 11.3 Å². The fourth-order valence-corrected chi connectivity index (χ4v) is 2.31. The molecule has 7 heteroatoms. The average molecular weight is 280 g/mol. The van der Waals surface area contributed by atoms with Gasteiger partial charge in [-0.2, -0.15) is 16.9 Å². The number of pyridine rings is 1. The summed E-state index contributed by atoms with van der Waals surface area (Å²) in [5.74, 6) is 0.0575. The van der Waals surface area contributed by atoms with Crippen molar-refractivity contribution in [3.8, 4) is 0 Å². The molecule has 0 amide bonds. The minimum absolute atomic E-state index is 0.185. The smallest absolute Gasteiger partial charge is 0.339 e. The van der Waals surface area contributed by atoms with Crippen molar-refractivity contribution >= 4 is 34.5 Å². The van der Waals surface area contributed by atoms with E-state index in [1.807, 2.05) is 0 Å². The molecule has 19 heavy (non-hydrogen) atoms. The highest BCUT2D eigenvalue weighted by molar-refractivity contribution is 7.98. The van der Waals surface area contributed by atoms with Crippen molar-refractivity contribution < 1.29 is 9.90 Å². The third-order valence-corrected chi connectivity index (χ3v) is 3.52. The van der Waals surface area contributed by atoms with Crippen LogP contribution in [0.1, 0.15) is 16.8 Å². The number of thioether (sulfide) groups is 1. The Kier molecular flexibility index (Phi) is 4.26. The molecule has 0 saturated heterocycles. The van der Waals surface area contributed by atoms with E-state index in [2.05, 4.69) is 21.7 Å². The highest BCUT2D eigenvalue weighted by Gasteiger charge is 2.16. The van der Waals surface area contributed by atoms with Crippen LogP contribution in [0.15, 0.2) is 12.4 Å². The molecule has 0 radical (unpaired) electrons. The molecule has 2 N–H and O–H groups in total. The molecule has 2 heterocycles. The van der Waals surface area contributed by atoms with Crippen LogP contribution >= 0.6 is 11.8 Å². The third kappa shape index (κ3) is 2.81. The van der Waals surface area contributed by atoms with Crippen molar-refractivity contribution in [1.29, 1.82) is 0 Å². The first-order chi connectivity index (χ1) is 9.15. The predicted molar refractivity (Wildman–Crippen MR) is 77.0 cm³/mol. The number of aryl methyl sites for hydroxylation is 1. The van der Waals surface area contributed by atoms with Crippen LogP contribution in [0.5, 0.6) is 0 Å². The fraction of sp³-hybridized carbons (Fsp3) is 0.417. The number of carbonyl (C=O) groups is 1. The van der Waals surface area contributed by atoms with Crippen LogP contribution in [0.4, 0.5) is 5.69 Å². The van der Waals surface area contributed by atoms with Crippen LogP contribution in [0.3, 0.4) is 0 Å². The van der Waals surface area contributed by atoms with Crippen molar-refractivity contribution in [3.63, 3.8) is 0 Å². The molecule has 0 unspecified atom stereocenters. The van der Waals surface area contributed by atoms with Gasteiger partial charge in [-0.25, -0.2) is 9.78 Å². The molecule has 0 aliphatic rings. The van der Waals surface area contributed by atoms with E-state index < -0.39 is 5.97 Å². The Labute approximate surface area is 115 Å². The van der Waals surface area contributed by atoms with Crippen molar-refractivity contribution in [2.75, 3.05) is 23.9 Å². The van der Waals surface area contributed by atoms with E-state index in [9.17, 15) is 9.90 Å². The van der Waals surface area contributed by atoms with Crippen molar-refractivity contribution in [1.82, 2.24) is 14.8 Å². The molecule has 0 atom stereocenters. The number of hydrogen-bond acceptors (Lipinski definition) is 5. The van der Waals surface area contributed by atoms with Gasteiger partial charge in [0.05, 0.1) is 17.3 Å². The molecule has 2 aromatic heterocycles.